The average molecular weight is 574 g/mol. The highest BCUT2D eigenvalue weighted by Gasteiger charge is 2.26. The molecule has 1 heterocycles. The smallest absolute Gasteiger partial charge is 0.341 e. The number of carbonyl (C=O) groups excluding carboxylic acids is 4. The van der Waals surface area contributed by atoms with E-state index in [0.717, 1.165) is 21.8 Å². The Bertz CT molecular complexity index is 1570. The molecule has 0 aliphatic heterocycles. The number of aryl methyl sites for hydroxylation is 1. The zero-order valence-corrected chi connectivity index (χ0v) is 23.7. The number of para-hydroxylation sites is 1. The number of anilines is 3. The number of ether oxygens (including phenoxy) is 1. The lowest BCUT2D eigenvalue weighted by Gasteiger charge is -2.09. The van der Waals surface area contributed by atoms with Gasteiger partial charge in [-0.3, -0.25) is 14.4 Å². The Hall–Kier alpha value is -4.41. The summed E-state index contributed by atoms with van der Waals surface area (Å²) in [6.45, 7) is 3.52. The Morgan fingerprint density at radius 3 is 2.20 bits per heavy atom. The van der Waals surface area contributed by atoms with Crippen LogP contribution in [0, 0.1) is 13.8 Å². The molecular weight excluding hydrogens is 546 g/mol. The maximum Gasteiger partial charge on any atom is 0.341 e. The van der Waals surface area contributed by atoms with Crippen LogP contribution in [0.5, 0.6) is 0 Å². The van der Waals surface area contributed by atoms with Crippen LogP contribution < -0.4 is 16.0 Å². The van der Waals surface area contributed by atoms with E-state index in [0.29, 0.717) is 27.4 Å². The van der Waals surface area contributed by atoms with Gasteiger partial charge in [0.1, 0.15) is 5.00 Å². The predicted octanol–water partition coefficient (Wildman–Crippen LogP) is 6.39. The summed E-state index contributed by atoms with van der Waals surface area (Å²) in [5.74, 6) is -1.57. The first kappa shape index (κ1) is 28.6. The number of hydrogen-bond donors (Lipinski definition) is 3. The number of rotatable bonds is 9. The number of methoxy groups -OCH3 is 1. The average Bonchev–Trinajstić information content (AvgIpc) is 3.27. The van der Waals surface area contributed by atoms with Crippen molar-refractivity contribution in [3.8, 4) is 0 Å². The summed E-state index contributed by atoms with van der Waals surface area (Å²) >= 11 is 2.29. The van der Waals surface area contributed by atoms with Gasteiger partial charge in [-0.2, -0.15) is 0 Å². The second kappa shape index (κ2) is 13.1. The van der Waals surface area contributed by atoms with Gasteiger partial charge >= 0.3 is 5.97 Å². The van der Waals surface area contributed by atoms with Crippen LogP contribution in [0.4, 0.5) is 16.4 Å². The predicted molar refractivity (Wildman–Crippen MR) is 160 cm³/mol. The van der Waals surface area contributed by atoms with E-state index in [1.165, 1.54) is 18.9 Å². The molecule has 4 aromatic rings. The Kier molecular flexibility index (Phi) is 9.36. The number of thioether (sulfide) groups is 1. The van der Waals surface area contributed by atoms with Crippen molar-refractivity contribution in [1.29, 1.82) is 0 Å². The molecule has 0 aliphatic carbocycles. The van der Waals surface area contributed by atoms with E-state index in [2.05, 4.69) is 16.0 Å². The number of thiophene rings is 1. The molecule has 0 saturated heterocycles. The van der Waals surface area contributed by atoms with Gasteiger partial charge in [-0.15, -0.1) is 23.1 Å². The van der Waals surface area contributed by atoms with Crippen LogP contribution >= 0.6 is 23.1 Å². The maximum absolute atomic E-state index is 12.9. The highest BCUT2D eigenvalue weighted by atomic mass is 32.2. The lowest BCUT2D eigenvalue weighted by molar-refractivity contribution is -0.113. The van der Waals surface area contributed by atoms with Crippen LogP contribution in [-0.4, -0.2) is 36.6 Å². The van der Waals surface area contributed by atoms with Gasteiger partial charge in [-0.25, -0.2) is 4.79 Å². The van der Waals surface area contributed by atoms with Gasteiger partial charge in [-0.1, -0.05) is 42.5 Å². The van der Waals surface area contributed by atoms with Crippen molar-refractivity contribution in [2.24, 2.45) is 0 Å². The molecule has 40 heavy (non-hydrogen) atoms. The summed E-state index contributed by atoms with van der Waals surface area (Å²) in [5, 5.41) is 8.69. The van der Waals surface area contributed by atoms with E-state index in [-0.39, 0.29) is 28.1 Å². The first-order valence-electron chi connectivity index (χ1n) is 12.2. The Labute approximate surface area is 240 Å². The zero-order valence-electron chi connectivity index (χ0n) is 22.1. The number of nitrogens with one attached hydrogen (secondary N) is 3. The monoisotopic (exact) mass is 573 g/mol. The van der Waals surface area contributed by atoms with Gasteiger partial charge in [0, 0.05) is 21.8 Å². The van der Waals surface area contributed by atoms with Crippen molar-refractivity contribution in [2.75, 3.05) is 28.8 Å². The van der Waals surface area contributed by atoms with E-state index in [1.807, 2.05) is 37.3 Å². The quantitative estimate of drug-likeness (QED) is 0.158. The zero-order chi connectivity index (χ0) is 28.6. The molecule has 8 nitrogen and oxygen atoms in total. The second-order valence-electron chi connectivity index (χ2n) is 8.71. The number of carbonyl (C=O) groups is 4. The number of esters is 1. The number of benzene rings is 3. The maximum atomic E-state index is 12.9. The lowest BCUT2D eigenvalue weighted by atomic mass is 10.1. The van der Waals surface area contributed by atoms with Crippen LogP contribution in [-0.2, 0) is 9.53 Å². The van der Waals surface area contributed by atoms with Crippen LogP contribution in [0.3, 0.4) is 0 Å². The molecule has 10 heteroatoms. The Morgan fingerprint density at radius 1 is 0.800 bits per heavy atom. The first-order valence-corrected chi connectivity index (χ1v) is 14.0. The van der Waals surface area contributed by atoms with Gasteiger partial charge in [-0.05, 0) is 61.4 Å². The summed E-state index contributed by atoms with van der Waals surface area (Å²) < 4.78 is 4.91. The topological polar surface area (TPSA) is 114 Å². The number of hydrogen-bond acceptors (Lipinski definition) is 7. The van der Waals surface area contributed by atoms with Crippen LogP contribution in [0.1, 0.15) is 41.5 Å². The minimum atomic E-state index is -0.646. The standard InChI is InChI=1S/C30H27N3O5S2/c1-18-10-7-8-15-23(18)27(35)32-21-13-9-14-22(16-21)39-17-24(34)33-29-25(30(37)38-3)19(2)26(40-29)28(36)31-20-11-5-4-6-12-20/h4-16H,17H2,1-3H3,(H,31,36)(H,32,35)(H,33,34). The summed E-state index contributed by atoms with van der Waals surface area (Å²) in [6, 6.07) is 23.5. The minimum Gasteiger partial charge on any atom is -0.465 e. The second-order valence-corrected chi connectivity index (χ2v) is 10.8. The molecule has 0 saturated carbocycles. The van der Waals surface area contributed by atoms with Crippen molar-refractivity contribution in [2.45, 2.75) is 18.7 Å². The van der Waals surface area contributed by atoms with Crippen LogP contribution in [0.15, 0.2) is 83.8 Å². The Balaban J connectivity index is 1.43. The van der Waals surface area contributed by atoms with Crippen molar-refractivity contribution >= 4 is 63.2 Å². The molecule has 204 valence electrons. The highest BCUT2D eigenvalue weighted by Crippen LogP contribution is 2.34. The fourth-order valence-corrected chi connectivity index (χ4v) is 5.74. The largest absolute Gasteiger partial charge is 0.465 e. The molecule has 1 aromatic heterocycles. The van der Waals surface area contributed by atoms with Gasteiger partial charge in [0.2, 0.25) is 5.91 Å². The van der Waals surface area contributed by atoms with E-state index < -0.39 is 11.9 Å². The van der Waals surface area contributed by atoms with E-state index in [9.17, 15) is 19.2 Å². The third-order valence-corrected chi connectivity index (χ3v) is 8.08. The van der Waals surface area contributed by atoms with Gasteiger partial charge in [0.15, 0.2) is 0 Å². The molecule has 0 atom stereocenters. The summed E-state index contributed by atoms with van der Waals surface area (Å²) in [7, 11) is 1.25. The molecule has 3 N–H and O–H groups in total. The van der Waals surface area contributed by atoms with E-state index in [1.54, 1.807) is 55.5 Å². The van der Waals surface area contributed by atoms with Crippen LogP contribution in [0.2, 0.25) is 0 Å². The lowest BCUT2D eigenvalue weighted by Crippen LogP contribution is -2.16. The SMILES string of the molecule is COC(=O)c1c(NC(=O)CSc2cccc(NC(=O)c3ccccc3C)c2)sc(C(=O)Nc2ccccc2)c1C. The van der Waals surface area contributed by atoms with Crippen LogP contribution in [0.25, 0.3) is 0 Å². The number of amides is 3. The van der Waals surface area contributed by atoms with Crippen molar-refractivity contribution in [3.05, 3.63) is 106 Å². The van der Waals surface area contributed by atoms with Crippen molar-refractivity contribution in [1.82, 2.24) is 0 Å². The molecule has 4 rings (SSSR count). The third-order valence-electron chi connectivity index (χ3n) is 5.88. The molecule has 0 spiro atoms. The summed E-state index contributed by atoms with van der Waals surface area (Å²) in [6.07, 6.45) is 0. The molecule has 3 amide bonds. The summed E-state index contributed by atoms with van der Waals surface area (Å²) in [4.78, 5) is 52.0. The summed E-state index contributed by atoms with van der Waals surface area (Å²) in [5.41, 5.74) is 3.24. The fourth-order valence-electron chi connectivity index (χ4n) is 3.88. The van der Waals surface area contributed by atoms with Gasteiger partial charge in [0.25, 0.3) is 11.8 Å². The fraction of sp³-hybridized carbons (Fsp3) is 0.133. The van der Waals surface area contributed by atoms with E-state index >= 15 is 0 Å². The molecule has 0 bridgehead atoms. The third kappa shape index (κ3) is 6.96. The first-order chi connectivity index (χ1) is 19.3. The minimum absolute atomic E-state index is 0.0400. The molecule has 3 aromatic carbocycles. The highest BCUT2D eigenvalue weighted by molar-refractivity contribution is 8.00. The molecule has 0 fully saturated rings. The molecule has 0 radical (unpaired) electrons. The molecule has 0 unspecified atom stereocenters. The van der Waals surface area contributed by atoms with Crippen molar-refractivity contribution < 1.29 is 23.9 Å². The van der Waals surface area contributed by atoms with Gasteiger partial charge < -0.3 is 20.7 Å². The Morgan fingerprint density at radius 2 is 1.48 bits per heavy atom. The van der Waals surface area contributed by atoms with Crippen molar-refractivity contribution in [3.63, 3.8) is 0 Å². The molecular formula is C30H27N3O5S2. The van der Waals surface area contributed by atoms with Gasteiger partial charge in [0.05, 0.1) is 23.3 Å². The normalized spacial score (nSPS) is 10.5. The molecule has 0 aliphatic rings. The van der Waals surface area contributed by atoms with E-state index in [4.69, 9.17) is 4.74 Å².